The van der Waals surface area contributed by atoms with Gasteiger partial charge in [0.15, 0.2) is 0 Å². The molecule has 2 unspecified atom stereocenters. The molecule has 0 fully saturated rings. The first kappa shape index (κ1) is 33.7. The van der Waals surface area contributed by atoms with Gasteiger partial charge in [0.1, 0.15) is 0 Å². The van der Waals surface area contributed by atoms with Crippen LogP contribution < -0.4 is 13.6 Å². The molecule has 2 aliphatic carbocycles. The number of benzene rings is 6. The third-order valence-corrected chi connectivity index (χ3v) is 24.1. The van der Waals surface area contributed by atoms with E-state index in [9.17, 15) is 0 Å². The average molecular weight is 767 g/mol. The summed E-state index contributed by atoms with van der Waals surface area (Å²) >= 11 is -2.84. The van der Waals surface area contributed by atoms with Crippen molar-refractivity contribution in [2.75, 3.05) is 0 Å². The second-order valence-corrected chi connectivity index (χ2v) is 24.1. The summed E-state index contributed by atoms with van der Waals surface area (Å²) in [5, 5.41) is 3.37. The number of allylic oxidation sites excluding steroid dienone is 2. The number of aryl methyl sites for hydroxylation is 2. The summed E-state index contributed by atoms with van der Waals surface area (Å²) in [7, 11) is -0.609. The van der Waals surface area contributed by atoms with Crippen LogP contribution in [0.3, 0.4) is 0 Å². The Bertz CT molecular complexity index is 2320. The van der Waals surface area contributed by atoms with Gasteiger partial charge in [-0.1, -0.05) is 0 Å². The first-order valence-corrected chi connectivity index (χ1v) is 24.7. The minimum absolute atomic E-state index is 0.464. The molecule has 6 aromatic rings. The van der Waals surface area contributed by atoms with Gasteiger partial charge < -0.3 is 0 Å². The Kier molecular flexibility index (Phi) is 8.68. The molecule has 0 amide bonds. The predicted molar refractivity (Wildman–Crippen MR) is 224 cm³/mol. The minimum atomic E-state index is -2.84. The monoisotopic (exact) mass is 765 g/mol. The van der Waals surface area contributed by atoms with Crippen LogP contribution in [0.1, 0.15) is 68.3 Å². The van der Waals surface area contributed by atoms with Crippen LogP contribution in [-0.2, 0) is 21.8 Å². The zero-order chi connectivity index (χ0) is 35.7. The summed E-state index contributed by atoms with van der Waals surface area (Å²) in [5.74, 6) is 0.934. The molecule has 3 aliphatic rings. The Morgan fingerprint density at radius 3 is 1.42 bits per heavy atom. The average Bonchev–Trinajstić information content (AvgIpc) is 3.85. The van der Waals surface area contributed by atoms with Gasteiger partial charge in [0, 0.05) is 0 Å². The fraction of sp³-hybridized carbons (Fsp3) is 0.200. The molecule has 0 radical (unpaired) electrons. The van der Waals surface area contributed by atoms with Gasteiger partial charge in [0.2, 0.25) is 0 Å². The van der Waals surface area contributed by atoms with E-state index in [-0.39, 0.29) is 0 Å². The van der Waals surface area contributed by atoms with Crippen molar-refractivity contribution in [1.29, 1.82) is 0 Å². The maximum atomic E-state index is 2.65. The van der Waals surface area contributed by atoms with Crippen LogP contribution in [0.4, 0.5) is 0 Å². The van der Waals surface area contributed by atoms with E-state index in [0.29, 0.717) is 19.1 Å². The van der Waals surface area contributed by atoms with Gasteiger partial charge in [-0.05, 0) is 0 Å². The molecule has 0 bridgehead atoms. The van der Waals surface area contributed by atoms with Crippen LogP contribution >= 0.6 is 0 Å². The Hall–Kier alpha value is -4.10. The Morgan fingerprint density at radius 2 is 0.904 bits per heavy atom. The summed E-state index contributed by atoms with van der Waals surface area (Å²) in [6.07, 6.45) is 5.31. The van der Waals surface area contributed by atoms with Crippen molar-refractivity contribution in [1.82, 2.24) is 0 Å². The molecule has 2 heteroatoms. The van der Waals surface area contributed by atoms with Gasteiger partial charge in [-0.25, -0.2) is 0 Å². The first-order valence-electron chi connectivity index (χ1n) is 19.2. The Balaban J connectivity index is 1.33. The molecule has 6 aromatic carbocycles. The second-order valence-electron chi connectivity index (χ2n) is 15.8. The third kappa shape index (κ3) is 5.40. The molecule has 2 atom stereocenters. The van der Waals surface area contributed by atoms with Gasteiger partial charge in [0.25, 0.3) is 0 Å². The number of fused-ring (bicyclic) bond motifs is 5. The second kappa shape index (κ2) is 13.4. The molecule has 0 saturated heterocycles. The standard InChI is InChI=1S/2C19H19.C12H9Si.Zr/c2*1-13(2)16-11-15-8-6-10-18(19(15)12-16)17-9-5-4-7-14(17)3;1-3-7-11-9(5-1)10-6-2-4-8-12(10)13-11;/h2*4-13H,1-3H3;1-7H,13H2;. The van der Waals surface area contributed by atoms with Crippen molar-refractivity contribution >= 4 is 35.3 Å². The zero-order valence-electron chi connectivity index (χ0n) is 31.3. The summed E-state index contributed by atoms with van der Waals surface area (Å²) in [6, 6.07) is 49.3. The SMILES string of the molecule is Cc1ccccc1-c1cccc2c1C=C(C(C)C)[CH]2[Zr]([c]1cccc2c1[SiH2]c1ccccc1-2)[CH]1C(C(C)C)=Cc2c(-c3ccccc3C)cccc21. The zero-order valence-corrected chi connectivity index (χ0v) is 35.2. The Morgan fingerprint density at radius 1 is 0.462 bits per heavy atom. The molecule has 0 aromatic heterocycles. The van der Waals surface area contributed by atoms with Gasteiger partial charge in [0.05, 0.1) is 0 Å². The van der Waals surface area contributed by atoms with Crippen LogP contribution in [0.2, 0.25) is 0 Å². The summed E-state index contributed by atoms with van der Waals surface area (Å²) in [6.45, 7) is 14.4. The molecule has 1 heterocycles. The van der Waals surface area contributed by atoms with Gasteiger partial charge in [-0.2, -0.15) is 0 Å². The molecular weight excluding hydrogens is 720 g/mol. The predicted octanol–water partition coefficient (Wildman–Crippen LogP) is 10.6. The Labute approximate surface area is 320 Å². The molecule has 0 saturated carbocycles. The van der Waals surface area contributed by atoms with E-state index in [4.69, 9.17) is 0 Å². The maximum absolute atomic E-state index is 2.84. The fourth-order valence-corrected chi connectivity index (χ4v) is 24.4. The van der Waals surface area contributed by atoms with E-state index in [2.05, 4.69) is 181 Å². The number of hydrogen-bond acceptors (Lipinski definition) is 0. The van der Waals surface area contributed by atoms with Gasteiger partial charge >= 0.3 is 323 Å². The van der Waals surface area contributed by atoms with E-state index in [1.54, 1.807) is 35.9 Å². The molecule has 255 valence electrons. The molecule has 0 spiro atoms. The molecule has 52 heavy (non-hydrogen) atoms. The first-order chi connectivity index (χ1) is 25.3. The number of rotatable bonds is 7. The van der Waals surface area contributed by atoms with E-state index in [0.717, 1.165) is 0 Å². The summed E-state index contributed by atoms with van der Waals surface area (Å²) < 4.78 is 2.70. The van der Waals surface area contributed by atoms with E-state index in [1.165, 1.54) is 55.6 Å². The normalized spacial score (nSPS) is 17.2. The molecule has 0 N–H and O–H groups in total. The van der Waals surface area contributed by atoms with E-state index >= 15 is 0 Å². The van der Waals surface area contributed by atoms with E-state index in [1.807, 2.05) is 0 Å². The van der Waals surface area contributed by atoms with Crippen molar-refractivity contribution in [3.8, 4) is 33.4 Å². The van der Waals surface area contributed by atoms with Crippen molar-refractivity contribution in [2.24, 2.45) is 11.8 Å². The third-order valence-electron chi connectivity index (χ3n) is 12.2. The van der Waals surface area contributed by atoms with Gasteiger partial charge in [-0.3, -0.25) is 0 Å². The van der Waals surface area contributed by atoms with Crippen LogP contribution in [-0.4, -0.2) is 9.52 Å². The van der Waals surface area contributed by atoms with E-state index < -0.39 is 31.3 Å². The van der Waals surface area contributed by atoms with Crippen molar-refractivity contribution in [3.63, 3.8) is 0 Å². The molecule has 0 nitrogen and oxygen atoms in total. The molecular formula is C50H47SiZr. The number of hydrogen-bond donors (Lipinski definition) is 0. The quantitative estimate of drug-likeness (QED) is 0.142. The topological polar surface area (TPSA) is 0 Å². The van der Waals surface area contributed by atoms with Crippen molar-refractivity contribution in [3.05, 3.63) is 172 Å². The van der Waals surface area contributed by atoms with Gasteiger partial charge in [-0.15, -0.1) is 0 Å². The van der Waals surface area contributed by atoms with Crippen molar-refractivity contribution in [2.45, 2.75) is 48.8 Å². The summed E-state index contributed by atoms with van der Waals surface area (Å²) in [4.78, 5) is 0. The van der Waals surface area contributed by atoms with Crippen LogP contribution in [0, 0.1) is 25.7 Å². The summed E-state index contributed by atoms with van der Waals surface area (Å²) in [5.41, 5.74) is 20.7. The van der Waals surface area contributed by atoms with Crippen LogP contribution in [0.5, 0.6) is 0 Å². The molecule has 1 aliphatic heterocycles. The van der Waals surface area contributed by atoms with Crippen LogP contribution in [0.15, 0.2) is 139 Å². The van der Waals surface area contributed by atoms with Crippen molar-refractivity contribution < 1.29 is 21.8 Å². The molecule has 9 rings (SSSR count). The fourth-order valence-electron chi connectivity index (χ4n) is 9.67. The van der Waals surface area contributed by atoms with Crippen LogP contribution in [0.25, 0.3) is 45.5 Å².